The summed E-state index contributed by atoms with van der Waals surface area (Å²) >= 11 is 5.89. The highest BCUT2D eigenvalue weighted by molar-refractivity contribution is 6.32. The number of nitrogens with zero attached hydrogens (tertiary/aromatic N) is 1. The maximum Gasteiger partial charge on any atom is 0.287 e. The molecule has 86 valence electrons. The monoisotopic (exact) mass is 240 g/mol. The van der Waals surface area contributed by atoms with Gasteiger partial charge in [-0.3, -0.25) is 10.1 Å². The summed E-state index contributed by atoms with van der Waals surface area (Å²) < 4.78 is 0. The molecule has 1 saturated carbocycles. The van der Waals surface area contributed by atoms with Gasteiger partial charge in [0.2, 0.25) is 0 Å². The summed E-state index contributed by atoms with van der Waals surface area (Å²) in [7, 11) is 0. The van der Waals surface area contributed by atoms with E-state index in [1.54, 1.807) is 12.1 Å². The van der Waals surface area contributed by atoms with E-state index in [-0.39, 0.29) is 16.1 Å². The minimum absolute atomic E-state index is 0.0334. The van der Waals surface area contributed by atoms with Gasteiger partial charge in [-0.05, 0) is 42.9 Å². The zero-order chi connectivity index (χ0) is 11.8. The van der Waals surface area contributed by atoms with Crippen LogP contribution in [0.4, 0.5) is 5.69 Å². The van der Waals surface area contributed by atoms with E-state index in [1.807, 2.05) is 0 Å². The lowest BCUT2D eigenvalue weighted by Gasteiger charge is -2.14. The summed E-state index contributed by atoms with van der Waals surface area (Å²) in [5.74, 6) is 0. The molecule has 1 aliphatic carbocycles. The van der Waals surface area contributed by atoms with Gasteiger partial charge in [0.05, 0.1) is 4.92 Å². The maximum atomic E-state index is 10.6. The molecular weight excluding hydrogens is 228 g/mol. The molecule has 4 nitrogen and oxygen atoms in total. The Kier molecular flexibility index (Phi) is 2.86. The molecule has 1 aromatic carbocycles. The van der Waals surface area contributed by atoms with Crippen LogP contribution in [0.2, 0.25) is 5.02 Å². The maximum absolute atomic E-state index is 10.6. The molecule has 0 atom stereocenters. The number of hydrogen-bond donors (Lipinski definition) is 1. The van der Waals surface area contributed by atoms with Gasteiger partial charge in [0.1, 0.15) is 5.02 Å². The van der Waals surface area contributed by atoms with E-state index in [2.05, 4.69) is 0 Å². The van der Waals surface area contributed by atoms with Crippen LogP contribution in [0.3, 0.4) is 0 Å². The van der Waals surface area contributed by atoms with Gasteiger partial charge in [0.25, 0.3) is 5.69 Å². The molecule has 16 heavy (non-hydrogen) atoms. The number of nitro benzene ring substituents is 1. The van der Waals surface area contributed by atoms with E-state index in [0.29, 0.717) is 6.54 Å². The van der Waals surface area contributed by atoms with Crippen LogP contribution in [0.15, 0.2) is 18.2 Å². The highest BCUT2D eigenvalue weighted by atomic mass is 35.5. The summed E-state index contributed by atoms with van der Waals surface area (Å²) in [5, 5.41) is 10.8. The van der Waals surface area contributed by atoms with Crippen molar-refractivity contribution in [2.45, 2.75) is 24.7 Å². The Morgan fingerprint density at radius 1 is 1.50 bits per heavy atom. The molecule has 0 amide bonds. The van der Waals surface area contributed by atoms with Crippen molar-refractivity contribution in [2.24, 2.45) is 5.73 Å². The van der Waals surface area contributed by atoms with Gasteiger partial charge >= 0.3 is 0 Å². The molecule has 2 N–H and O–H groups in total. The molecule has 0 heterocycles. The van der Waals surface area contributed by atoms with E-state index in [4.69, 9.17) is 17.3 Å². The second-order valence-corrected chi connectivity index (χ2v) is 4.65. The Bertz CT molecular complexity index is 430. The van der Waals surface area contributed by atoms with Crippen LogP contribution in [0.1, 0.15) is 24.8 Å². The Hall–Kier alpha value is -1.13. The lowest BCUT2D eigenvalue weighted by molar-refractivity contribution is -0.384. The first kappa shape index (κ1) is 11.4. The molecule has 1 aromatic rings. The van der Waals surface area contributed by atoms with Gasteiger partial charge < -0.3 is 5.73 Å². The molecule has 2 rings (SSSR count). The predicted octanol–water partition coefficient (Wildman–Crippen LogP) is 2.63. The normalized spacial score (nSPS) is 17.1. The minimum Gasteiger partial charge on any atom is -0.330 e. The first-order valence-electron chi connectivity index (χ1n) is 5.23. The van der Waals surface area contributed by atoms with E-state index in [9.17, 15) is 10.1 Å². The highest BCUT2D eigenvalue weighted by Crippen LogP contribution is 2.51. The quantitative estimate of drug-likeness (QED) is 0.650. The predicted molar refractivity (Wildman–Crippen MR) is 62.7 cm³/mol. The van der Waals surface area contributed by atoms with Crippen LogP contribution < -0.4 is 5.73 Å². The molecule has 0 saturated heterocycles. The Morgan fingerprint density at radius 2 is 2.19 bits per heavy atom. The van der Waals surface area contributed by atoms with Crippen LogP contribution in [-0.4, -0.2) is 11.5 Å². The zero-order valence-electron chi connectivity index (χ0n) is 8.78. The lowest BCUT2D eigenvalue weighted by atomic mass is 9.92. The van der Waals surface area contributed by atoms with Crippen molar-refractivity contribution < 1.29 is 4.92 Å². The Balaban J connectivity index is 2.31. The van der Waals surface area contributed by atoms with Crippen molar-refractivity contribution in [3.63, 3.8) is 0 Å². The van der Waals surface area contributed by atoms with Crippen molar-refractivity contribution in [1.82, 2.24) is 0 Å². The second-order valence-electron chi connectivity index (χ2n) is 4.24. The van der Waals surface area contributed by atoms with Crippen LogP contribution in [0.5, 0.6) is 0 Å². The van der Waals surface area contributed by atoms with Crippen molar-refractivity contribution in [2.75, 3.05) is 6.54 Å². The fourth-order valence-electron chi connectivity index (χ4n) is 2.10. The lowest BCUT2D eigenvalue weighted by Crippen LogP contribution is -2.13. The molecule has 0 radical (unpaired) electrons. The second kappa shape index (κ2) is 4.03. The van der Waals surface area contributed by atoms with E-state index < -0.39 is 4.92 Å². The van der Waals surface area contributed by atoms with Crippen LogP contribution in [0, 0.1) is 10.1 Å². The third kappa shape index (κ3) is 1.90. The number of benzene rings is 1. The molecule has 0 unspecified atom stereocenters. The number of hydrogen-bond acceptors (Lipinski definition) is 3. The molecule has 0 aromatic heterocycles. The van der Waals surface area contributed by atoms with Gasteiger partial charge in [0, 0.05) is 6.07 Å². The van der Waals surface area contributed by atoms with Crippen molar-refractivity contribution in [1.29, 1.82) is 0 Å². The number of nitro groups is 1. The van der Waals surface area contributed by atoms with Gasteiger partial charge in [-0.1, -0.05) is 17.7 Å². The van der Waals surface area contributed by atoms with Gasteiger partial charge in [-0.25, -0.2) is 0 Å². The van der Waals surface area contributed by atoms with Gasteiger partial charge in [-0.2, -0.15) is 0 Å². The summed E-state index contributed by atoms with van der Waals surface area (Å²) in [4.78, 5) is 10.2. The Morgan fingerprint density at radius 3 is 2.62 bits per heavy atom. The van der Waals surface area contributed by atoms with Crippen molar-refractivity contribution in [3.8, 4) is 0 Å². The summed E-state index contributed by atoms with van der Waals surface area (Å²) in [5.41, 5.74) is 6.74. The summed E-state index contributed by atoms with van der Waals surface area (Å²) in [6.45, 7) is 0.634. The summed E-state index contributed by atoms with van der Waals surface area (Å²) in [6.07, 6.45) is 3.11. The minimum atomic E-state index is -0.464. The highest BCUT2D eigenvalue weighted by Gasteiger charge is 2.43. The molecule has 1 fully saturated rings. The summed E-state index contributed by atoms with van der Waals surface area (Å²) in [6, 6.07) is 4.99. The smallest absolute Gasteiger partial charge is 0.287 e. The molecule has 0 bridgehead atoms. The van der Waals surface area contributed by atoms with Crippen LogP contribution in [-0.2, 0) is 5.41 Å². The largest absolute Gasteiger partial charge is 0.330 e. The van der Waals surface area contributed by atoms with E-state index in [1.165, 1.54) is 6.07 Å². The molecule has 0 spiro atoms. The first-order valence-corrected chi connectivity index (χ1v) is 5.61. The van der Waals surface area contributed by atoms with Crippen LogP contribution >= 0.6 is 11.6 Å². The SMILES string of the molecule is NCCC1(c2ccc([N+](=O)[O-])c(Cl)c2)CC1. The average Bonchev–Trinajstić information content (AvgIpc) is 2.99. The van der Waals surface area contributed by atoms with E-state index >= 15 is 0 Å². The molecule has 5 heteroatoms. The molecule has 1 aliphatic rings. The van der Waals surface area contributed by atoms with Gasteiger partial charge in [0.15, 0.2) is 0 Å². The zero-order valence-corrected chi connectivity index (χ0v) is 9.54. The fraction of sp³-hybridized carbons (Fsp3) is 0.455. The number of halogens is 1. The average molecular weight is 241 g/mol. The van der Waals surface area contributed by atoms with E-state index in [0.717, 1.165) is 24.8 Å². The van der Waals surface area contributed by atoms with Gasteiger partial charge in [-0.15, -0.1) is 0 Å². The van der Waals surface area contributed by atoms with Crippen LogP contribution in [0.25, 0.3) is 0 Å². The Labute approximate surface area is 98.5 Å². The third-order valence-electron chi connectivity index (χ3n) is 3.23. The van der Waals surface area contributed by atoms with Crippen molar-refractivity contribution in [3.05, 3.63) is 38.9 Å². The standard InChI is InChI=1S/C11H13ClN2O2/c12-9-7-8(1-2-10(9)14(15)16)11(3-4-11)5-6-13/h1-2,7H,3-6,13H2. The molecular formula is C11H13ClN2O2. The van der Waals surface area contributed by atoms with Crippen molar-refractivity contribution >= 4 is 17.3 Å². The number of rotatable bonds is 4. The third-order valence-corrected chi connectivity index (χ3v) is 3.54. The molecule has 0 aliphatic heterocycles. The topological polar surface area (TPSA) is 69.2 Å². The fourth-order valence-corrected chi connectivity index (χ4v) is 2.34. The first-order chi connectivity index (χ1) is 7.59. The number of nitrogens with two attached hydrogens (primary N) is 1.